The van der Waals surface area contributed by atoms with Gasteiger partial charge in [0.25, 0.3) is 0 Å². The van der Waals surface area contributed by atoms with Crippen molar-refractivity contribution in [1.82, 2.24) is 5.32 Å². The molecule has 0 amide bonds. The highest BCUT2D eigenvalue weighted by Crippen LogP contribution is 2.30. The second-order valence-electron chi connectivity index (χ2n) is 5.32. The third-order valence-corrected chi connectivity index (χ3v) is 4.13. The number of methoxy groups -OCH3 is 1. The highest BCUT2D eigenvalue weighted by Gasteiger charge is 2.30. The van der Waals surface area contributed by atoms with Crippen LogP contribution in [-0.4, -0.2) is 26.3 Å². The largest absolute Gasteiger partial charge is 0.384 e. The summed E-state index contributed by atoms with van der Waals surface area (Å²) in [4.78, 5) is 0. The van der Waals surface area contributed by atoms with Crippen molar-refractivity contribution in [1.29, 1.82) is 0 Å². The summed E-state index contributed by atoms with van der Waals surface area (Å²) >= 11 is 0. The third kappa shape index (κ3) is 3.18. The molecule has 0 radical (unpaired) electrons. The molecule has 0 aromatic rings. The van der Waals surface area contributed by atoms with Crippen molar-refractivity contribution in [3.63, 3.8) is 0 Å². The summed E-state index contributed by atoms with van der Waals surface area (Å²) in [5, 5.41) is 3.71. The van der Waals surface area contributed by atoms with Crippen molar-refractivity contribution in [2.45, 2.75) is 51.0 Å². The van der Waals surface area contributed by atoms with E-state index in [-0.39, 0.29) is 0 Å². The zero-order valence-electron chi connectivity index (χ0n) is 10.0. The highest BCUT2D eigenvalue weighted by atomic mass is 16.5. The smallest absolute Gasteiger partial charge is 0.0503 e. The number of hydrogen-bond acceptors (Lipinski definition) is 2. The van der Waals surface area contributed by atoms with Gasteiger partial charge in [-0.3, -0.25) is 0 Å². The molecule has 0 bridgehead atoms. The van der Waals surface area contributed by atoms with Crippen LogP contribution in [0.3, 0.4) is 0 Å². The molecular weight excluding hydrogens is 186 g/mol. The van der Waals surface area contributed by atoms with E-state index in [9.17, 15) is 0 Å². The van der Waals surface area contributed by atoms with Gasteiger partial charge >= 0.3 is 0 Å². The topological polar surface area (TPSA) is 21.3 Å². The molecule has 0 spiro atoms. The second-order valence-corrected chi connectivity index (χ2v) is 5.32. The van der Waals surface area contributed by atoms with Gasteiger partial charge in [0, 0.05) is 19.7 Å². The van der Waals surface area contributed by atoms with E-state index in [4.69, 9.17) is 4.74 Å². The molecule has 1 aliphatic heterocycles. The van der Waals surface area contributed by atoms with Gasteiger partial charge in [-0.05, 0) is 31.1 Å². The molecule has 2 heteroatoms. The van der Waals surface area contributed by atoms with Crippen LogP contribution in [0, 0.1) is 11.8 Å². The first-order valence-corrected chi connectivity index (χ1v) is 6.62. The first-order valence-electron chi connectivity index (χ1n) is 6.62. The maximum Gasteiger partial charge on any atom is 0.0503 e. The van der Waals surface area contributed by atoms with Crippen LogP contribution < -0.4 is 5.32 Å². The summed E-state index contributed by atoms with van der Waals surface area (Å²) in [5.41, 5.74) is 0. The molecule has 2 nitrogen and oxygen atoms in total. The predicted molar refractivity (Wildman–Crippen MR) is 63.0 cm³/mol. The number of rotatable bonds is 3. The minimum atomic E-state index is 0.767. The lowest BCUT2D eigenvalue weighted by Gasteiger charge is -2.22. The lowest BCUT2D eigenvalue weighted by molar-refractivity contribution is 0.157. The van der Waals surface area contributed by atoms with Gasteiger partial charge in [-0.2, -0.15) is 0 Å². The minimum Gasteiger partial charge on any atom is -0.384 e. The van der Waals surface area contributed by atoms with Crippen LogP contribution in [0.25, 0.3) is 0 Å². The van der Waals surface area contributed by atoms with E-state index in [0.717, 1.165) is 24.5 Å². The van der Waals surface area contributed by atoms with Gasteiger partial charge in [0.1, 0.15) is 0 Å². The van der Waals surface area contributed by atoms with E-state index in [0.29, 0.717) is 0 Å². The van der Waals surface area contributed by atoms with E-state index in [1.54, 1.807) is 0 Å². The standard InChI is InChI=1S/C13H25NO/c1-15-10-11-8-13(14-9-11)12-6-4-2-3-5-7-12/h11-14H,2-10H2,1H3. The Morgan fingerprint density at radius 3 is 2.53 bits per heavy atom. The number of hydrogen-bond donors (Lipinski definition) is 1. The lowest BCUT2D eigenvalue weighted by Crippen LogP contribution is -2.30. The molecule has 0 aromatic carbocycles. The molecule has 1 saturated carbocycles. The molecule has 2 fully saturated rings. The van der Waals surface area contributed by atoms with Crippen molar-refractivity contribution in [3.05, 3.63) is 0 Å². The van der Waals surface area contributed by atoms with Crippen molar-refractivity contribution < 1.29 is 4.74 Å². The van der Waals surface area contributed by atoms with Crippen molar-refractivity contribution in [3.8, 4) is 0 Å². The van der Waals surface area contributed by atoms with Crippen molar-refractivity contribution in [2.75, 3.05) is 20.3 Å². The Kier molecular flexibility index (Phi) is 4.45. The first-order chi connectivity index (χ1) is 7.40. The van der Waals surface area contributed by atoms with E-state index in [2.05, 4.69) is 5.32 Å². The monoisotopic (exact) mass is 211 g/mol. The van der Waals surface area contributed by atoms with Crippen LogP contribution in [-0.2, 0) is 4.74 Å². The molecular formula is C13H25NO. The zero-order chi connectivity index (χ0) is 10.5. The van der Waals surface area contributed by atoms with E-state index < -0.39 is 0 Å². The Hall–Kier alpha value is -0.0800. The Labute approximate surface area is 93.8 Å². The van der Waals surface area contributed by atoms with E-state index >= 15 is 0 Å². The zero-order valence-corrected chi connectivity index (χ0v) is 10.0. The lowest BCUT2D eigenvalue weighted by atomic mass is 9.89. The van der Waals surface area contributed by atoms with E-state index in [1.165, 1.54) is 51.5 Å². The quantitative estimate of drug-likeness (QED) is 0.724. The molecule has 1 saturated heterocycles. The summed E-state index contributed by atoms with van der Waals surface area (Å²) in [6, 6.07) is 0.795. The Balaban J connectivity index is 1.78. The summed E-state index contributed by atoms with van der Waals surface area (Å²) in [6.07, 6.45) is 10.1. The molecule has 88 valence electrons. The third-order valence-electron chi connectivity index (χ3n) is 4.13. The molecule has 2 rings (SSSR count). The van der Waals surface area contributed by atoms with Gasteiger partial charge in [-0.15, -0.1) is 0 Å². The van der Waals surface area contributed by atoms with Gasteiger partial charge in [0.05, 0.1) is 6.61 Å². The first kappa shape index (κ1) is 11.4. The molecule has 2 atom stereocenters. The summed E-state index contributed by atoms with van der Waals surface area (Å²) in [6.45, 7) is 2.12. The fraction of sp³-hybridized carbons (Fsp3) is 1.00. The Morgan fingerprint density at radius 1 is 1.13 bits per heavy atom. The Morgan fingerprint density at radius 2 is 1.87 bits per heavy atom. The van der Waals surface area contributed by atoms with Crippen molar-refractivity contribution in [2.24, 2.45) is 11.8 Å². The van der Waals surface area contributed by atoms with Crippen LogP contribution in [0.4, 0.5) is 0 Å². The SMILES string of the molecule is COCC1CNC(C2CCCCCC2)C1. The molecule has 15 heavy (non-hydrogen) atoms. The fourth-order valence-electron chi connectivity index (χ4n) is 3.28. The summed E-state index contributed by atoms with van der Waals surface area (Å²) in [5.74, 6) is 1.72. The van der Waals surface area contributed by atoms with Gasteiger partial charge < -0.3 is 10.1 Å². The van der Waals surface area contributed by atoms with Gasteiger partial charge in [0.2, 0.25) is 0 Å². The predicted octanol–water partition coefficient (Wildman–Crippen LogP) is 2.58. The summed E-state index contributed by atoms with van der Waals surface area (Å²) < 4.78 is 5.25. The Bertz CT molecular complexity index is 175. The highest BCUT2D eigenvalue weighted by molar-refractivity contribution is 4.87. The summed E-state index contributed by atoms with van der Waals surface area (Å²) in [7, 11) is 1.82. The van der Waals surface area contributed by atoms with Crippen LogP contribution in [0.15, 0.2) is 0 Å². The second kappa shape index (κ2) is 5.86. The molecule has 1 N–H and O–H groups in total. The average Bonchev–Trinajstić information content (AvgIpc) is 2.53. The van der Waals surface area contributed by atoms with E-state index in [1.807, 2.05) is 7.11 Å². The van der Waals surface area contributed by atoms with Gasteiger partial charge in [-0.25, -0.2) is 0 Å². The molecule has 1 aliphatic carbocycles. The van der Waals surface area contributed by atoms with Crippen LogP contribution in [0.2, 0.25) is 0 Å². The van der Waals surface area contributed by atoms with Crippen LogP contribution >= 0.6 is 0 Å². The number of nitrogens with one attached hydrogen (secondary N) is 1. The average molecular weight is 211 g/mol. The minimum absolute atomic E-state index is 0.767. The molecule has 1 heterocycles. The normalized spacial score (nSPS) is 34.2. The maximum absolute atomic E-state index is 5.25. The van der Waals surface area contributed by atoms with Crippen LogP contribution in [0.5, 0.6) is 0 Å². The molecule has 0 aromatic heterocycles. The van der Waals surface area contributed by atoms with Gasteiger partial charge in [0.15, 0.2) is 0 Å². The molecule has 2 aliphatic rings. The van der Waals surface area contributed by atoms with Gasteiger partial charge in [-0.1, -0.05) is 25.7 Å². The maximum atomic E-state index is 5.25. The van der Waals surface area contributed by atoms with Crippen LogP contribution in [0.1, 0.15) is 44.9 Å². The van der Waals surface area contributed by atoms with Crippen molar-refractivity contribution >= 4 is 0 Å². The fourth-order valence-corrected chi connectivity index (χ4v) is 3.28. The molecule has 2 unspecified atom stereocenters. The number of ether oxygens (including phenoxy) is 1.